The fourth-order valence-electron chi connectivity index (χ4n) is 5.17. The summed E-state index contributed by atoms with van der Waals surface area (Å²) >= 11 is 0. The molecule has 0 saturated carbocycles. The Morgan fingerprint density at radius 2 is 1.78 bits per heavy atom. The minimum atomic E-state index is -0.0922. The molecule has 1 aliphatic heterocycles. The topological polar surface area (TPSA) is 62.3 Å². The molecule has 1 aromatic heterocycles. The van der Waals surface area contributed by atoms with Crippen molar-refractivity contribution in [3.05, 3.63) is 71.4 Å². The average Bonchev–Trinajstić information content (AvgIpc) is 2.88. The first-order valence-corrected chi connectivity index (χ1v) is 13.8. The number of unbranched alkanes of at least 4 members (excludes halogenated alkanes) is 1. The smallest absolute Gasteiger partial charge is 0.223 e. The fraction of sp³-hybridized carbons (Fsp3) is 0.469. The Labute approximate surface area is 221 Å². The third-order valence-corrected chi connectivity index (χ3v) is 7.24. The second-order valence-electron chi connectivity index (χ2n) is 11.6. The molecule has 0 atom stereocenters. The summed E-state index contributed by atoms with van der Waals surface area (Å²) in [6, 6.07) is 16.7. The van der Waals surface area contributed by atoms with Crippen LogP contribution in [-0.2, 0) is 11.2 Å². The van der Waals surface area contributed by atoms with Crippen LogP contribution in [0, 0.1) is 11.3 Å². The largest absolute Gasteiger partial charge is 0.371 e. The van der Waals surface area contributed by atoms with E-state index in [1.165, 1.54) is 5.56 Å². The van der Waals surface area contributed by atoms with E-state index in [1.54, 1.807) is 6.20 Å². The van der Waals surface area contributed by atoms with Gasteiger partial charge in [0.2, 0.25) is 5.91 Å². The van der Waals surface area contributed by atoms with Crippen molar-refractivity contribution in [2.45, 2.75) is 66.2 Å². The Morgan fingerprint density at radius 1 is 1.05 bits per heavy atom. The summed E-state index contributed by atoms with van der Waals surface area (Å²) in [5, 5.41) is 4.14. The number of rotatable bonds is 9. The summed E-state index contributed by atoms with van der Waals surface area (Å²) in [6.07, 6.45) is 6.78. The number of ketones is 1. The number of fused-ring (bicyclic) bond motifs is 1. The molecule has 1 N–H and O–H groups in total. The lowest BCUT2D eigenvalue weighted by Crippen LogP contribution is -2.40. The van der Waals surface area contributed by atoms with Gasteiger partial charge in [0, 0.05) is 54.8 Å². The van der Waals surface area contributed by atoms with Crippen LogP contribution in [0.25, 0.3) is 10.9 Å². The minimum absolute atomic E-state index is 0.0884. The van der Waals surface area contributed by atoms with E-state index in [4.69, 9.17) is 4.98 Å². The predicted octanol–water partition coefficient (Wildman–Crippen LogP) is 6.58. The molecule has 0 aliphatic carbocycles. The van der Waals surface area contributed by atoms with Crippen molar-refractivity contribution in [1.82, 2.24) is 10.3 Å². The molecule has 0 bridgehead atoms. The highest BCUT2D eigenvalue weighted by Gasteiger charge is 2.26. The van der Waals surface area contributed by atoms with Gasteiger partial charge in [-0.15, -0.1) is 0 Å². The normalized spacial score (nSPS) is 14.6. The summed E-state index contributed by atoms with van der Waals surface area (Å²) in [4.78, 5) is 33.0. The van der Waals surface area contributed by atoms with Crippen molar-refractivity contribution >= 4 is 28.3 Å². The summed E-state index contributed by atoms with van der Waals surface area (Å²) in [5.74, 6) is 0.432. The maximum absolute atomic E-state index is 13.4. The van der Waals surface area contributed by atoms with E-state index in [0.29, 0.717) is 12.8 Å². The molecule has 2 aromatic carbocycles. The molecule has 0 spiro atoms. The number of carbonyl (C=O) groups is 2. The van der Waals surface area contributed by atoms with Crippen LogP contribution in [0.4, 0.5) is 5.69 Å². The second kappa shape index (κ2) is 11.9. The van der Waals surface area contributed by atoms with Crippen LogP contribution in [0.5, 0.6) is 0 Å². The van der Waals surface area contributed by atoms with E-state index < -0.39 is 0 Å². The molecule has 1 saturated heterocycles. The van der Waals surface area contributed by atoms with Gasteiger partial charge in [0.05, 0.1) is 5.52 Å². The lowest BCUT2D eigenvalue weighted by molar-refractivity contribution is -0.125. The number of amides is 1. The first-order chi connectivity index (χ1) is 17.7. The molecule has 1 amide bonds. The zero-order valence-electron chi connectivity index (χ0n) is 22.8. The van der Waals surface area contributed by atoms with Crippen molar-refractivity contribution in [2.75, 3.05) is 24.5 Å². The molecule has 0 radical (unpaired) electrons. The number of nitrogens with one attached hydrogen (secondary N) is 1. The summed E-state index contributed by atoms with van der Waals surface area (Å²) < 4.78 is 0. The minimum Gasteiger partial charge on any atom is -0.371 e. The third kappa shape index (κ3) is 6.97. The SMILES string of the molecule is CCCCNC(=O)C1CCN(c2ccc3ncc(C(=O)CC(C)(C)C)c(Cc4ccccc4)c3c2)CC1. The highest BCUT2D eigenvalue weighted by Crippen LogP contribution is 2.32. The van der Waals surface area contributed by atoms with Gasteiger partial charge in [0.25, 0.3) is 0 Å². The van der Waals surface area contributed by atoms with E-state index in [1.807, 2.05) is 18.2 Å². The first-order valence-electron chi connectivity index (χ1n) is 13.8. The molecule has 3 aromatic rings. The summed E-state index contributed by atoms with van der Waals surface area (Å²) in [5.41, 5.74) is 4.91. The molecular weight excluding hydrogens is 458 g/mol. The Morgan fingerprint density at radius 3 is 2.46 bits per heavy atom. The van der Waals surface area contributed by atoms with Crippen LogP contribution in [0.2, 0.25) is 0 Å². The molecule has 2 heterocycles. The van der Waals surface area contributed by atoms with Gasteiger partial charge in [-0.25, -0.2) is 0 Å². The van der Waals surface area contributed by atoms with E-state index >= 15 is 0 Å². The van der Waals surface area contributed by atoms with Gasteiger partial charge in [-0.05, 0) is 60.4 Å². The number of Topliss-reactive ketones (excluding diaryl/α,β-unsaturated/α-hetero) is 1. The highest BCUT2D eigenvalue weighted by molar-refractivity contribution is 6.02. The summed E-state index contributed by atoms with van der Waals surface area (Å²) in [6.45, 7) is 10.9. The number of anilines is 1. The Kier molecular flexibility index (Phi) is 8.63. The zero-order valence-corrected chi connectivity index (χ0v) is 22.8. The van der Waals surface area contributed by atoms with Crippen LogP contribution in [0.1, 0.15) is 81.3 Å². The number of hydrogen-bond acceptors (Lipinski definition) is 4. The van der Waals surface area contributed by atoms with Crippen molar-refractivity contribution in [3.8, 4) is 0 Å². The molecule has 0 unspecified atom stereocenters. The Bertz CT molecular complexity index is 1220. The predicted molar refractivity (Wildman–Crippen MR) is 152 cm³/mol. The molecule has 4 rings (SSSR count). The van der Waals surface area contributed by atoms with Gasteiger partial charge in [-0.1, -0.05) is 64.4 Å². The lowest BCUT2D eigenvalue weighted by Gasteiger charge is -2.33. The molecule has 1 aliphatic rings. The highest BCUT2D eigenvalue weighted by atomic mass is 16.2. The maximum atomic E-state index is 13.4. The van der Waals surface area contributed by atoms with Gasteiger partial charge in [0.15, 0.2) is 5.78 Å². The molecule has 196 valence electrons. The molecular formula is C32H41N3O2. The monoisotopic (exact) mass is 499 g/mol. The van der Waals surface area contributed by atoms with E-state index in [9.17, 15) is 9.59 Å². The zero-order chi connectivity index (χ0) is 26.4. The van der Waals surface area contributed by atoms with Gasteiger partial charge in [0.1, 0.15) is 0 Å². The number of nitrogens with zero attached hydrogens (tertiary/aromatic N) is 2. The third-order valence-electron chi connectivity index (χ3n) is 7.24. The number of piperidine rings is 1. The molecule has 37 heavy (non-hydrogen) atoms. The van der Waals surface area contributed by atoms with Crippen LogP contribution >= 0.6 is 0 Å². The van der Waals surface area contributed by atoms with E-state index in [0.717, 1.165) is 73.0 Å². The average molecular weight is 500 g/mol. The fourth-order valence-corrected chi connectivity index (χ4v) is 5.17. The van der Waals surface area contributed by atoms with Crippen molar-refractivity contribution in [1.29, 1.82) is 0 Å². The first kappa shape index (κ1) is 26.8. The van der Waals surface area contributed by atoms with Crippen molar-refractivity contribution in [2.24, 2.45) is 11.3 Å². The van der Waals surface area contributed by atoms with Crippen molar-refractivity contribution < 1.29 is 9.59 Å². The van der Waals surface area contributed by atoms with Gasteiger partial charge in [-0.2, -0.15) is 0 Å². The maximum Gasteiger partial charge on any atom is 0.223 e. The van der Waals surface area contributed by atoms with Crippen LogP contribution < -0.4 is 10.2 Å². The molecule has 1 fully saturated rings. The van der Waals surface area contributed by atoms with Gasteiger partial charge < -0.3 is 10.2 Å². The van der Waals surface area contributed by atoms with Gasteiger partial charge >= 0.3 is 0 Å². The van der Waals surface area contributed by atoms with Gasteiger partial charge in [-0.3, -0.25) is 14.6 Å². The number of pyridine rings is 1. The van der Waals surface area contributed by atoms with E-state index in [2.05, 4.69) is 68.2 Å². The number of aromatic nitrogens is 1. The van der Waals surface area contributed by atoms with Crippen LogP contribution in [0.3, 0.4) is 0 Å². The summed E-state index contributed by atoms with van der Waals surface area (Å²) in [7, 11) is 0. The van der Waals surface area contributed by atoms with Crippen LogP contribution in [-0.4, -0.2) is 36.3 Å². The molecule has 5 heteroatoms. The quantitative estimate of drug-likeness (QED) is 0.267. The lowest BCUT2D eigenvalue weighted by atomic mass is 9.85. The standard InChI is InChI=1S/C32H41N3O2/c1-5-6-16-33-31(37)24-14-17-35(18-15-24)25-12-13-29-27(20-25)26(19-23-10-8-7-9-11-23)28(22-34-29)30(36)21-32(2,3)4/h7-13,20,22,24H,5-6,14-19,21H2,1-4H3,(H,33,37). The number of benzene rings is 2. The molecule has 5 nitrogen and oxygen atoms in total. The Balaban J connectivity index is 1.62. The Hall–Kier alpha value is -3.21. The van der Waals surface area contributed by atoms with Crippen molar-refractivity contribution in [3.63, 3.8) is 0 Å². The van der Waals surface area contributed by atoms with E-state index in [-0.39, 0.29) is 23.0 Å². The number of carbonyl (C=O) groups excluding carboxylic acids is 2. The van der Waals surface area contributed by atoms with Crippen LogP contribution in [0.15, 0.2) is 54.7 Å². The second-order valence-corrected chi connectivity index (χ2v) is 11.6. The number of hydrogen-bond donors (Lipinski definition) is 1.